The van der Waals surface area contributed by atoms with Crippen molar-refractivity contribution in [3.05, 3.63) is 108 Å². The number of amides is 1. The van der Waals surface area contributed by atoms with E-state index in [4.69, 9.17) is 0 Å². The van der Waals surface area contributed by atoms with Crippen molar-refractivity contribution in [1.29, 1.82) is 0 Å². The molecule has 1 N–H and O–H groups in total. The molecule has 0 saturated heterocycles. The molecule has 3 aromatic carbocycles. The maximum atomic E-state index is 13.0. The molecule has 6 nitrogen and oxygen atoms in total. The Bertz CT molecular complexity index is 1450. The Labute approximate surface area is 189 Å². The minimum absolute atomic E-state index is 0.138. The molecule has 2 heterocycles. The van der Waals surface area contributed by atoms with Crippen LogP contribution in [0.4, 0.5) is 10.3 Å². The zero-order chi connectivity index (χ0) is 22.6. The highest BCUT2D eigenvalue weighted by molar-refractivity contribution is 6.01. The molecule has 160 valence electrons. The number of hydrogen-bond acceptors (Lipinski definition) is 4. The van der Waals surface area contributed by atoms with Gasteiger partial charge in [0.25, 0.3) is 17.6 Å². The van der Waals surface area contributed by atoms with E-state index in [9.17, 15) is 9.18 Å². The van der Waals surface area contributed by atoms with Crippen molar-refractivity contribution in [2.75, 3.05) is 5.32 Å². The molecule has 0 atom stereocenters. The first kappa shape index (κ1) is 20.3. The minimum atomic E-state index is -0.403. The van der Waals surface area contributed by atoms with Crippen molar-refractivity contribution in [2.45, 2.75) is 0 Å². The molecule has 2 aromatic heterocycles. The molecule has 1 amide bonds. The minimum Gasteiger partial charge on any atom is -0.290 e. The van der Waals surface area contributed by atoms with Crippen LogP contribution in [0.25, 0.3) is 34.4 Å². The number of nitrogens with zero attached hydrogens (tertiary/aromatic N) is 4. The largest absolute Gasteiger partial charge is 0.290 e. The maximum Gasteiger partial charge on any atom is 0.255 e. The topological polar surface area (TPSA) is 72.2 Å². The summed E-state index contributed by atoms with van der Waals surface area (Å²) in [6, 6.07) is 27.4. The number of hydrogen-bond donors (Lipinski definition) is 1. The highest BCUT2D eigenvalue weighted by atomic mass is 19.1. The smallest absolute Gasteiger partial charge is 0.255 e. The summed E-state index contributed by atoms with van der Waals surface area (Å²) in [5.74, 6) is -0.228. The van der Waals surface area contributed by atoms with E-state index in [1.807, 2.05) is 66.7 Å². The molecule has 33 heavy (non-hydrogen) atoms. The second-order valence-corrected chi connectivity index (χ2v) is 7.28. The fraction of sp³-hybridized carbons (Fsp3) is 0. The SMILES string of the molecule is O=C(/C=C/c1ccc(F)cc1)Nc1nc2nc(-c3ccccc3)cc(-c3ccccc3)n2n1. The first-order valence-corrected chi connectivity index (χ1v) is 10.3. The molecule has 7 heteroatoms. The molecule has 0 aliphatic rings. The zero-order valence-electron chi connectivity index (χ0n) is 17.4. The molecule has 0 unspecified atom stereocenters. The van der Waals surface area contributed by atoms with E-state index >= 15 is 0 Å². The average molecular weight is 435 g/mol. The van der Waals surface area contributed by atoms with Crippen LogP contribution in [0.1, 0.15) is 5.56 Å². The van der Waals surface area contributed by atoms with E-state index in [1.165, 1.54) is 18.2 Å². The first-order chi connectivity index (χ1) is 16.2. The second kappa shape index (κ2) is 8.84. The van der Waals surface area contributed by atoms with E-state index in [0.717, 1.165) is 22.5 Å². The summed E-state index contributed by atoms with van der Waals surface area (Å²) < 4.78 is 14.7. The van der Waals surface area contributed by atoms with E-state index in [2.05, 4.69) is 20.4 Å². The van der Waals surface area contributed by atoms with Gasteiger partial charge < -0.3 is 0 Å². The monoisotopic (exact) mass is 435 g/mol. The second-order valence-electron chi connectivity index (χ2n) is 7.28. The Kier molecular flexibility index (Phi) is 5.43. The van der Waals surface area contributed by atoms with Crippen molar-refractivity contribution < 1.29 is 9.18 Å². The van der Waals surface area contributed by atoms with E-state index < -0.39 is 5.91 Å². The number of rotatable bonds is 5. The molecule has 0 saturated carbocycles. The number of fused-ring (bicyclic) bond motifs is 1. The van der Waals surface area contributed by atoms with Crippen molar-refractivity contribution in [3.63, 3.8) is 0 Å². The van der Waals surface area contributed by atoms with E-state index in [1.54, 1.807) is 22.7 Å². The molecule has 5 aromatic rings. The Balaban J connectivity index is 1.49. The van der Waals surface area contributed by atoms with Crippen molar-refractivity contribution in [2.24, 2.45) is 0 Å². The van der Waals surface area contributed by atoms with Crippen molar-refractivity contribution in [1.82, 2.24) is 19.6 Å². The van der Waals surface area contributed by atoms with Gasteiger partial charge in [-0.05, 0) is 29.8 Å². The van der Waals surface area contributed by atoms with Gasteiger partial charge in [0.05, 0.1) is 11.4 Å². The van der Waals surface area contributed by atoms with Crippen LogP contribution in [-0.2, 0) is 4.79 Å². The van der Waals surface area contributed by atoms with Gasteiger partial charge in [-0.3, -0.25) is 10.1 Å². The van der Waals surface area contributed by atoms with Crippen LogP contribution >= 0.6 is 0 Å². The molecule has 0 aliphatic carbocycles. The number of benzene rings is 3. The number of halogens is 1. The van der Waals surface area contributed by atoms with Crippen molar-refractivity contribution >= 4 is 23.7 Å². The van der Waals surface area contributed by atoms with Crippen LogP contribution in [0.15, 0.2) is 97.1 Å². The van der Waals surface area contributed by atoms with Gasteiger partial charge in [0.2, 0.25) is 0 Å². The zero-order valence-corrected chi connectivity index (χ0v) is 17.4. The Morgan fingerprint density at radius 2 is 1.52 bits per heavy atom. The number of aromatic nitrogens is 4. The highest BCUT2D eigenvalue weighted by Gasteiger charge is 2.14. The standard InChI is InChI=1S/C26H18FN5O/c27-21-14-11-18(12-15-21)13-16-24(33)29-25-30-26-28-22(19-7-3-1-4-8-19)17-23(32(26)31-25)20-9-5-2-6-10-20/h1-17H,(H,29,31,33)/b16-13+. The molecule has 0 bridgehead atoms. The highest BCUT2D eigenvalue weighted by Crippen LogP contribution is 2.26. The molecule has 5 rings (SSSR count). The predicted octanol–water partition coefficient (Wildman–Crippen LogP) is 5.25. The van der Waals surface area contributed by atoms with E-state index in [-0.39, 0.29) is 11.8 Å². The normalized spacial score (nSPS) is 11.2. The summed E-state index contributed by atoms with van der Waals surface area (Å²) in [4.78, 5) is 21.5. The third-order valence-corrected chi connectivity index (χ3v) is 4.98. The number of carbonyl (C=O) groups is 1. The summed E-state index contributed by atoms with van der Waals surface area (Å²) in [5, 5.41) is 7.13. The number of anilines is 1. The van der Waals surface area contributed by atoms with Crippen LogP contribution in [0.3, 0.4) is 0 Å². The van der Waals surface area contributed by atoms with Gasteiger partial charge in [-0.1, -0.05) is 72.8 Å². The van der Waals surface area contributed by atoms with Crippen LogP contribution in [0.5, 0.6) is 0 Å². The van der Waals surface area contributed by atoms with Gasteiger partial charge >= 0.3 is 0 Å². The van der Waals surface area contributed by atoms with Crippen LogP contribution < -0.4 is 5.32 Å². The van der Waals surface area contributed by atoms with Gasteiger partial charge in [0, 0.05) is 17.2 Å². The fourth-order valence-electron chi connectivity index (χ4n) is 3.39. The number of carbonyl (C=O) groups excluding carboxylic acids is 1. The van der Waals surface area contributed by atoms with Gasteiger partial charge in [-0.15, -0.1) is 5.10 Å². The quantitative estimate of drug-likeness (QED) is 0.383. The molecular weight excluding hydrogens is 417 g/mol. The third-order valence-electron chi connectivity index (χ3n) is 4.98. The summed E-state index contributed by atoms with van der Waals surface area (Å²) >= 11 is 0. The fourth-order valence-corrected chi connectivity index (χ4v) is 3.39. The lowest BCUT2D eigenvalue weighted by atomic mass is 10.1. The van der Waals surface area contributed by atoms with Gasteiger partial charge in [-0.25, -0.2) is 9.37 Å². The Morgan fingerprint density at radius 1 is 0.848 bits per heavy atom. The van der Waals surface area contributed by atoms with Crippen molar-refractivity contribution in [3.8, 4) is 22.5 Å². The summed E-state index contributed by atoms with van der Waals surface area (Å²) in [7, 11) is 0. The number of nitrogens with one attached hydrogen (secondary N) is 1. The maximum absolute atomic E-state index is 13.0. The van der Waals surface area contributed by atoms with Crippen LogP contribution in [0, 0.1) is 5.82 Å². The molecule has 0 aliphatic heterocycles. The lowest BCUT2D eigenvalue weighted by Gasteiger charge is -2.07. The van der Waals surface area contributed by atoms with E-state index in [0.29, 0.717) is 11.3 Å². The summed E-state index contributed by atoms with van der Waals surface area (Å²) in [6.07, 6.45) is 2.94. The van der Waals surface area contributed by atoms with Crippen LogP contribution in [0.2, 0.25) is 0 Å². The summed E-state index contributed by atoms with van der Waals surface area (Å²) in [5.41, 5.74) is 4.15. The Morgan fingerprint density at radius 3 is 2.21 bits per heavy atom. The third kappa shape index (κ3) is 4.52. The molecule has 0 spiro atoms. The first-order valence-electron chi connectivity index (χ1n) is 10.3. The lowest BCUT2D eigenvalue weighted by Crippen LogP contribution is -2.09. The summed E-state index contributed by atoms with van der Waals surface area (Å²) in [6.45, 7) is 0. The molecule has 0 radical (unpaired) electrons. The van der Waals surface area contributed by atoms with Gasteiger partial charge in [0.15, 0.2) is 0 Å². The predicted molar refractivity (Wildman–Crippen MR) is 126 cm³/mol. The van der Waals surface area contributed by atoms with Gasteiger partial charge in [-0.2, -0.15) is 9.50 Å². The van der Waals surface area contributed by atoms with Crippen LogP contribution in [-0.4, -0.2) is 25.5 Å². The average Bonchev–Trinajstić information content (AvgIpc) is 3.26. The van der Waals surface area contributed by atoms with Gasteiger partial charge in [0.1, 0.15) is 5.82 Å². The Hall–Kier alpha value is -4.65. The lowest BCUT2D eigenvalue weighted by molar-refractivity contribution is -0.111. The molecular formula is C26H18FN5O. The molecule has 0 fully saturated rings.